The molecule has 3 aromatic rings. The summed E-state index contributed by atoms with van der Waals surface area (Å²) in [4.78, 5) is 41.9. The third-order valence-corrected chi connectivity index (χ3v) is 5.50. The first-order chi connectivity index (χ1) is 17.3. The monoisotopic (exact) mass is 551 g/mol. The summed E-state index contributed by atoms with van der Waals surface area (Å²) in [6, 6.07) is 24.5. The number of hydrazine groups is 1. The lowest BCUT2D eigenvalue weighted by Gasteiger charge is -2.29. The van der Waals surface area contributed by atoms with E-state index in [1.165, 1.54) is 6.92 Å². The maximum Gasteiger partial charge on any atom is 0.429 e. The molecule has 9 heteroatoms. The molecule has 0 aliphatic rings. The van der Waals surface area contributed by atoms with Crippen LogP contribution >= 0.6 is 15.9 Å². The molecule has 0 bridgehead atoms. The lowest BCUT2D eigenvalue weighted by atomic mass is 10.0. The number of aliphatic imine (C=N–C) groups is 1. The van der Waals surface area contributed by atoms with Gasteiger partial charge in [0, 0.05) is 11.4 Å². The second-order valence-corrected chi connectivity index (χ2v) is 8.70. The first-order valence-corrected chi connectivity index (χ1v) is 11.9. The number of rotatable bonds is 7. The van der Waals surface area contributed by atoms with Gasteiger partial charge in [0.05, 0.1) is 11.8 Å². The molecular weight excluding hydrogens is 526 g/mol. The number of ether oxygens (including phenoxy) is 2. The molecule has 0 aliphatic heterocycles. The molecule has 36 heavy (non-hydrogen) atoms. The minimum Gasteiger partial charge on any atom is -0.443 e. The van der Waals surface area contributed by atoms with Gasteiger partial charge in [0.2, 0.25) is 5.91 Å². The van der Waals surface area contributed by atoms with E-state index in [2.05, 4.69) is 26.3 Å². The SMILES string of the molecule is CC(=O)N=C(c1cccc(Br)c1)C(C)N(NC(=O)OCc1ccccc1)C(=O)OCc1ccccc1. The molecule has 1 atom stereocenters. The Hall–Kier alpha value is -3.98. The molecule has 0 fully saturated rings. The van der Waals surface area contributed by atoms with Crippen molar-refractivity contribution in [2.45, 2.75) is 33.1 Å². The molecule has 0 heterocycles. The molecule has 1 unspecified atom stereocenters. The largest absolute Gasteiger partial charge is 0.443 e. The van der Waals surface area contributed by atoms with E-state index in [0.717, 1.165) is 20.6 Å². The summed E-state index contributed by atoms with van der Waals surface area (Å²) in [7, 11) is 0. The average Bonchev–Trinajstić information content (AvgIpc) is 2.88. The van der Waals surface area contributed by atoms with Crippen molar-refractivity contribution >= 4 is 39.7 Å². The Kier molecular flexibility index (Phi) is 9.76. The number of halogens is 1. The fraction of sp³-hybridized carbons (Fsp3) is 0.185. The summed E-state index contributed by atoms with van der Waals surface area (Å²) in [6.07, 6.45) is -1.70. The van der Waals surface area contributed by atoms with Gasteiger partial charge >= 0.3 is 12.2 Å². The molecule has 0 radical (unpaired) electrons. The van der Waals surface area contributed by atoms with Gasteiger partial charge in [0.1, 0.15) is 13.2 Å². The minimum atomic E-state index is -0.879. The maximum atomic E-state index is 13.1. The number of amides is 3. The number of benzene rings is 3. The second-order valence-electron chi connectivity index (χ2n) is 7.79. The van der Waals surface area contributed by atoms with Gasteiger partial charge < -0.3 is 9.47 Å². The van der Waals surface area contributed by atoms with E-state index in [0.29, 0.717) is 5.56 Å². The zero-order valence-corrected chi connectivity index (χ0v) is 21.5. The van der Waals surface area contributed by atoms with Crippen molar-refractivity contribution in [3.05, 3.63) is 106 Å². The van der Waals surface area contributed by atoms with Crippen molar-refractivity contribution in [3.8, 4) is 0 Å². The van der Waals surface area contributed by atoms with E-state index in [1.54, 1.807) is 25.1 Å². The normalized spacial score (nSPS) is 11.8. The van der Waals surface area contributed by atoms with Crippen LogP contribution in [-0.2, 0) is 27.5 Å². The van der Waals surface area contributed by atoms with Crippen LogP contribution in [0.2, 0.25) is 0 Å². The third kappa shape index (κ3) is 8.06. The summed E-state index contributed by atoms with van der Waals surface area (Å²) in [5.41, 5.74) is 4.87. The van der Waals surface area contributed by atoms with Crippen LogP contribution in [0.4, 0.5) is 9.59 Å². The minimum absolute atomic E-state index is 0.00792. The summed E-state index contributed by atoms with van der Waals surface area (Å²) in [5, 5.41) is 0.971. The maximum absolute atomic E-state index is 13.1. The van der Waals surface area contributed by atoms with E-state index < -0.39 is 24.1 Å². The Morgan fingerprint density at radius 3 is 2.03 bits per heavy atom. The van der Waals surface area contributed by atoms with Gasteiger partial charge in [0.15, 0.2) is 0 Å². The Balaban J connectivity index is 1.84. The standard InChI is InChI=1S/C27H26BrN3O5/c1-19(25(29-20(2)32)23-14-9-15-24(28)16-23)31(27(34)36-18-22-12-7-4-8-13-22)30-26(33)35-17-21-10-5-3-6-11-21/h3-16,19H,17-18H2,1-2H3,(H,30,33). The van der Waals surface area contributed by atoms with Gasteiger partial charge in [-0.1, -0.05) is 88.7 Å². The highest BCUT2D eigenvalue weighted by Gasteiger charge is 2.29. The predicted molar refractivity (Wildman–Crippen MR) is 139 cm³/mol. The van der Waals surface area contributed by atoms with Gasteiger partial charge in [-0.25, -0.2) is 25.0 Å². The van der Waals surface area contributed by atoms with Crippen LogP contribution in [0.15, 0.2) is 94.4 Å². The first kappa shape index (κ1) is 26.6. The summed E-state index contributed by atoms with van der Waals surface area (Å²) in [5.74, 6) is -0.457. The lowest BCUT2D eigenvalue weighted by Crippen LogP contribution is -2.54. The zero-order valence-electron chi connectivity index (χ0n) is 19.9. The molecule has 1 N–H and O–H groups in total. The topological polar surface area (TPSA) is 97.3 Å². The van der Waals surface area contributed by atoms with Crippen LogP contribution in [-0.4, -0.2) is 34.9 Å². The molecule has 0 aromatic heterocycles. The van der Waals surface area contributed by atoms with E-state index >= 15 is 0 Å². The lowest BCUT2D eigenvalue weighted by molar-refractivity contribution is -0.115. The van der Waals surface area contributed by atoms with Crippen LogP contribution < -0.4 is 5.43 Å². The molecule has 0 saturated heterocycles. The molecular formula is C27H26BrN3O5. The Bertz CT molecular complexity index is 1220. The molecule has 8 nitrogen and oxygen atoms in total. The van der Waals surface area contributed by atoms with Crippen LogP contribution in [0, 0.1) is 0 Å². The van der Waals surface area contributed by atoms with Gasteiger partial charge in [-0.2, -0.15) is 0 Å². The number of nitrogens with zero attached hydrogens (tertiary/aromatic N) is 2. The zero-order chi connectivity index (χ0) is 25.9. The van der Waals surface area contributed by atoms with Crippen molar-refractivity contribution in [3.63, 3.8) is 0 Å². The number of hydrogen-bond acceptors (Lipinski definition) is 5. The van der Waals surface area contributed by atoms with Crippen molar-refractivity contribution in [1.82, 2.24) is 10.4 Å². The molecule has 3 rings (SSSR count). The van der Waals surface area contributed by atoms with Crippen LogP contribution in [0.25, 0.3) is 0 Å². The summed E-state index contributed by atoms with van der Waals surface area (Å²) >= 11 is 3.41. The van der Waals surface area contributed by atoms with Crippen molar-refractivity contribution < 1.29 is 23.9 Å². The predicted octanol–water partition coefficient (Wildman–Crippen LogP) is 5.65. The third-order valence-electron chi connectivity index (χ3n) is 5.01. The quantitative estimate of drug-likeness (QED) is 0.302. The summed E-state index contributed by atoms with van der Waals surface area (Å²) in [6.45, 7) is 2.93. The average molecular weight is 552 g/mol. The van der Waals surface area contributed by atoms with Crippen molar-refractivity contribution in [2.75, 3.05) is 0 Å². The van der Waals surface area contributed by atoms with Crippen LogP contribution in [0.5, 0.6) is 0 Å². The molecule has 3 amide bonds. The smallest absolute Gasteiger partial charge is 0.429 e. The highest BCUT2D eigenvalue weighted by atomic mass is 79.9. The second kappa shape index (κ2) is 13.2. The Morgan fingerprint density at radius 1 is 0.889 bits per heavy atom. The number of carbonyl (C=O) groups excluding carboxylic acids is 3. The molecule has 186 valence electrons. The fourth-order valence-electron chi connectivity index (χ4n) is 3.28. The molecule has 3 aromatic carbocycles. The van der Waals surface area contributed by atoms with E-state index in [-0.39, 0.29) is 18.9 Å². The van der Waals surface area contributed by atoms with Gasteiger partial charge in [-0.15, -0.1) is 0 Å². The highest BCUT2D eigenvalue weighted by Crippen LogP contribution is 2.17. The number of nitrogens with one attached hydrogen (secondary N) is 1. The van der Waals surface area contributed by atoms with E-state index in [4.69, 9.17) is 9.47 Å². The fourth-order valence-corrected chi connectivity index (χ4v) is 3.68. The number of carbonyl (C=O) groups is 3. The Labute approximate surface area is 218 Å². The summed E-state index contributed by atoms with van der Waals surface area (Å²) < 4.78 is 11.5. The highest BCUT2D eigenvalue weighted by molar-refractivity contribution is 9.10. The van der Waals surface area contributed by atoms with Crippen molar-refractivity contribution in [1.29, 1.82) is 0 Å². The van der Waals surface area contributed by atoms with Gasteiger partial charge in [-0.05, 0) is 35.7 Å². The van der Waals surface area contributed by atoms with Gasteiger partial charge in [0.25, 0.3) is 0 Å². The van der Waals surface area contributed by atoms with E-state index in [1.807, 2.05) is 66.7 Å². The van der Waals surface area contributed by atoms with Crippen LogP contribution in [0.3, 0.4) is 0 Å². The Morgan fingerprint density at radius 2 is 1.47 bits per heavy atom. The van der Waals surface area contributed by atoms with Crippen LogP contribution in [0.1, 0.15) is 30.5 Å². The van der Waals surface area contributed by atoms with Gasteiger partial charge in [-0.3, -0.25) is 4.79 Å². The number of hydrogen-bond donors (Lipinski definition) is 1. The molecule has 0 spiro atoms. The first-order valence-electron chi connectivity index (χ1n) is 11.2. The molecule has 0 aliphatic carbocycles. The van der Waals surface area contributed by atoms with Crippen molar-refractivity contribution in [2.24, 2.45) is 4.99 Å². The molecule has 0 saturated carbocycles. The van der Waals surface area contributed by atoms with E-state index in [9.17, 15) is 14.4 Å².